The number of nitrogens with zero attached hydrogens (tertiary/aromatic N) is 2. The molecule has 1 amide bonds. The molecule has 0 unspecified atom stereocenters. The number of thiophene rings is 1. The summed E-state index contributed by atoms with van der Waals surface area (Å²) in [7, 11) is 0. The van der Waals surface area contributed by atoms with Crippen molar-refractivity contribution in [1.82, 2.24) is 9.88 Å². The van der Waals surface area contributed by atoms with Crippen molar-refractivity contribution in [2.24, 2.45) is 0 Å². The van der Waals surface area contributed by atoms with Crippen LogP contribution in [0.1, 0.15) is 33.6 Å². The van der Waals surface area contributed by atoms with E-state index < -0.39 is 5.82 Å². The monoisotopic (exact) mass is 332 g/mol. The normalized spacial score (nSPS) is 19.6. The third kappa shape index (κ3) is 2.46. The second kappa shape index (κ2) is 5.69. The highest BCUT2D eigenvalue weighted by Gasteiger charge is 2.42. The molecule has 4 heterocycles. The highest BCUT2D eigenvalue weighted by atomic mass is 32.1. The summed E-state index contributed by atoms with van der Waals surface area (Å²) in [5.41, 5.74) is 1.22. The van der Waals surface area contributed by atoms with Crippen LogP contribution in [-0.2, 0) is 16.8 Å². The van der Waals surface area contributed by atoms with E-state index in [0.29, 0.717) is 13.1 Å². The fourth-order valence-corrected chi connectivity index (χ4v) is 4.68. The zero-order valence-electron chi connectivity index (χ0n) is 12.6. The summed E-state index contributed by atoms with van der Waals surface area (Å²) < 4.78 is 19.9. The minimum Gasteiger partial charge on any atom is -0.369 e. The summed E-state index contributed by atoms with van der Waals surface area (Å²) in [6, 6.07) is 3.62. The van der Waals surface area contributed by atoms with E-state index in [1.165, 1.54) is 22.7 Å². The number of aromatic nitrogens is 1. The van der Waals surface area contributed by atoms with Crippen molar-refractivity contribution in [3.8, 4) is 0 Å². The summed E-state index contributed by atoms with van der Waals surface area (Å²) >= 11 is 1.74. The molecule has 0 atom stereocenters. The van der Waals surface area contributed by atoms with Gasteiger partial charge in [-0.2, -0.15) is 0 Å². The molecule has 2 aromatic rings. The molecule has 0 aromatic carbocycles. The van der Waals surface area contributed by atoms with E-state index in [4.69, 9.17) is 4.74 Å². The van der Waals surface area contributed by atoms with Crippen molar-refractivity contribution in [2.45, 2.75) is 24.9 Å². The Morgan fingerprint density at radius 3 is 2.96 bits per heavy atom. The van der Waals surface area contributed by atoms with Crippen LogP contribution < -0.4 is 0 Å². The van der Waals surface area contributed by atoms with Gasteiger partial charge in [0.1, 0.15) is 5.60 Å². The maximum absolute atomic E-state index is 13.8. The first-order valence-corrected chi connectivity index (χ1v) is 8.67. The molecule has 4 rings (SSSR count). The predicted octanol–water partition coefficient (Wildman–Crippen LogP) is 2.99. The number of hydrogen-bond acceptors (Lipinski definition) is 4. The van der Waals surface area contributed by atoms with Gasteiger partial charge in [0.25, 0.3) is 5.91 Å². The summed E-state index contributed by atoms with van der Waals surface area (Å²) in [5, 5.41) is 2.12. The Hall–Kier alpha value is -1.79. The number of ether oxygens (including phenoxy) is 1. The molecule has 6 heteroatoms. The highest BCUT2D eigenvalue weighted by molar-refractivity contribution is 7.10. The predicted molar refractivity (Wildman–Crippen MR) is 85.0 cm³/mol. The minimum atomic E-state index is -0.563. The van der Waals surface area contributed by atoms with Gasteiger partial charge in [-0.15, -0.1) is 11.3 Å². The number of hydrogen-bond donors (Lipinski definition) is 0. The van der Waals surface area contributed by atoms with Crippen molar-refractivity contribution < 1.29 is 13.9 Å². The molecule has 0 saturated carbocycles. The lowest BCUT2D eigenvalue weighted by Gasteiger charge is -2.43. The lowest BCUT2D eigenvalue weighted by Crippen LogP contribution is -2.48. The molecule has 2 aromatic heterocycles. The average molecular weight is 332 g/mol. The summed E-state index contributed by atoms with van der Waals surface area (Å²) in [4.78, 5) is 19.2. The molecule has 1 saturated heterocycles. The first-order valence-electron chi connectivity index (χ1n) is 7.79. The molecular weight excluding hydrogens is 315 g/mol. The number of rotatable bonds is 1. The van der Waals surface area contributed by atoms with Crippen LogP contribution in [0.2, 0.25) is 0 Å². The first kappa shape index (κ1) is 14.8. The fraction of sp³-hybridized carbons (Fsp3) is 0.412. The van der Waals surface area contributed by atoms with Gasteiger partial charge in [-0.3, -0.25) is 9.78 Å². The quantitative estimate of drug-likeness (QED) is 0.806. The van der Waals surface area contributed by atoms with Crippen LogP contribution in [0, 0.1) is 5.82 Å². The molecule has 0 aliphatic carbocycles. The lowest BCUT2D eigenvalue weighted by molar-refractivity contribution is -0.0906. The summed E-state index contributed by atoms with van der Waals surface area (Å²) in [6.07, 6.45) is 5.02. The van der Waals surface area contributed by atoms with Gasteiger partial charge in [0.05, 0.1) is 18.4 Å². The van der Waals surface area contributed by atoms with Gasteiger partial charge >= 0.3 is 0 Å². The Kier molecular flexibility index (Phi) is 3.66. The summed E-state index contributed by atoms with van der Waals surface area (Å²) in [5.74, 6) is -0.825. The maximum atomic E-state index is 13.8. The third-order valence-electron chi connectivity index (χ3n) is 4.77. The maximum Gasteiger partial charge on any atom is 0.256 e. The molecule has 2 aliphatic rings. The highest BCUT2D eigenvalue weighted by Crippen LogP contribution is 2.44. The van der Waals surface area contributed by atoms with E-state index in [9.17, 15) is 9.18 Å². The Bertz CT molecular complexity index is 738. The first-order chi connectivity index (χ1) is 11.2. The van der Waals surface area contributed by atoms with Crippen LogP contribution >= 0.6 is 11.3 Å². The smallest absolute Gasteiger partial charge is 0.256 e. The molecule has 0 radical (unpaired) electrons. The molecule has 23 heavy (non-hydrogen) atoms. The summed E-state index contributed by atoms with van der Waals surface area (Å²) in [6.45, 7) is 1.90. The van der Waals surface area contributed by atoms with Crippen LogP contribution in [0.15, 0.2) is 29.9 Å². The topological polar surface area (TPSA) is 42.4 Å². The van der Waals surface area contributed by atoms with Crippen molar-refractivity contribution in [3.63, 3.8) is 0 Å². The minimum absolute atomic E-state index is 0.0947. The van der Waals surface area contributed by atoms with E-state index in [1.54, 1.807) is 16.2 Å². The molecule has 2 aliphatic heterocycles. The number of amides is 1. The standard InChI is InChI=1S/C17H17FN2O2S/c18-14-11-19-6-1-13(14)16(21)20-7-4-17(5-8-20)15-12(2-9-22-17)3-10-23-15/h1,3,6,10-11H,2,4-5,7-9H2. The van der Waals surface area contributed by atoms with Gasteiger partial charge in [-0.25, -0.2) is 4.39 Å². The number of halogens is 1. The Morgan fingerprint density at radius 1 is 1.35 bits per heavy atom. The SMILES string of the molecule is O=C(c1ccncc1F)N1CCC2(CC1)OCCc1ccsc12. The zero-order chi connectivity index (χ0) is 15.9. The van der Waals surface area contributed by atoms with Gasteiger partial charge in [0.15, 0.2) is 5.82 Å². The number of fused-ring (bicyclic) bond motifs is 2. The van der Waals surface area contributed by atoms with Crippen LogP contribution in [0.5, 0.6) is 0 Å². The number of carbonyl (C=O) groups excluding carboxylic acids is 1. The van der Waals surface area contributed by atoms with Gasteiger partial charge in [-0.05, 0) is 42.3 Å². The number of carbonyl (C=O) groups is 1. The van der Waals surface area contributed by atoms with Crippen LogP contribution in [0.25, 0.3) is 0 Å². The van der Waals surface area contributed by atoms with Crippen molar-refractivity contribution in [3.05, 3.63) is 51.7 Å². The second-order valence-electron chi connectivity index (χ2n) is 6.02. The lowest BCUT2D eigenvalue weighted by atomic mass is 9.85. The van der Waals surface area contributed by atoms with Crippen molar-refractivity contribution >= 4 is 17.2 Å². The molecular formula is C17H17FN2O2S. The van der Waals surface area contributed by atoms with Gasteiger partial charge in [0, 0.05) is 24.2 Å². The molecule has 1 fully saturated rings. The van der Waals surface area contributed by atoms with Crippen molar-refractivity contribution in [1.29, 1.82) is 0 Å². The molecule has 1 spiro atoms. The Labute approximate surface area is 137 Å². The zero-order valence-corrected chi connectivity index (χ0v) is 13.4. The molecule has 0 N–H and O–H groups in total. The van der Waals surface area contributed by atoms with Gasteiger partial charge in [-0.1, -0.05) is 0 Å². The van der Waals surface area contributed by atoms with E-state index in [-0.39, 0.29) is 17.1 Å². The van der Waals surface area contributed by atoms with E-state index in [2.05, 4.69) is 16.4 Å². The fourth-order valence-electron chi connectivity index (χ4n) is 3.52. The van der Waals surface area contributed by atoms with E-state index >= 15 is 0 Å². The average Bonchev–Trinajstić information content (AvgIpc) is 3.06. The van der Waals surface area contributed by atoms with Gasteiger partial charge < -0.3 is 9.64 Å². The second-order valence-corrected chi connectivity index (χ2v) is 6.93. The third-order valence-corrected chi connectivity index (χ3v) is 5.91. The van der Waals surface area contributed by atoms with Crippen LogP contribution in [-0.4, -0.2) is 35.5 Å². The Balaban J connectivity index is 1.52. The number of pyridine rings is 1. The molecule has 120 valence electrons. The van der Waals surface area contributed by atoms with Crippen LogP contribution in [0.3, 0.4) is 0 Å². The van der Waals surface area contributed by atoms with E-state index in [1.807, 2.05) is 0 Å². The van der Waals surface area contributed by atoms with Crippen molar-refractivity contribution in [2.75, 3.05) is 19.7 Å². The molecule has 0 bridgehead atoms. The van der Waals surface area contributed by atoms with Crippen LogP contribution in [0.4, 0.5) is 4.39 Å². The van der Waals surface area contributed by atoms with Gasteiger partial charge in [0.2, 0.25) is 0 Å². The molecule has 4 nitrogen and oxygen atoms in total. The van der Waals surface area contributed by atoms with E-state index in [0.717, 1.165) is 32.1 Å². The number of piperidine rings is 1. The number of likely N-dealkylation sites (tertiary alicyclic amines) is 1. The Morgan fingerprint density at radius 2 is 2.17 bits per heavy atom. The largest absolute Gasteiger partial charge is 0.369 e.